The van der Waals surface area contributed by atoms with Crippen molar-refractivity contribution >= 4 is 27.5 Å². The molecule has 0 spiro atoms. The molecular weight excluding hydrogens is 242 g/mol. The van der Waals surface area contributed by atoms with E-state index in [1.807, 2.05) is 19.1 Å². The fourth-order valence-electron chi connectivity index (χ4n) is 2.70. The van der Waals surface area contributed by atoms with E-state index < -0.39 is 0 Å². The highest BCUT2D eigenvalue weighted by molar-refractivity contribution is 6.10. The van der Waals surface area contributed by atoms with Gasteiger partial charge in [0.15, 0.2) is 0 Å². The van der Waals surface area contributed by atoms with Crippen molar-refractivity contribution in [3.63, 3.8) is 0 Å². The van der Waals surface area contributed by atoms with Gasteiger partial charge in [0.05, 0.1) is 11.0 Å². The van der Waals surface area contributed by atoms with Crippen LogP contribution in [0, 0.1) is 0 Å². The maximum Gasteiger partial charge on any atom is 0.0541 e. The van der Waals surface area contributed by atoms with Crippen LogP contribution in [0.25, 0.3) is 27.5 Å². The van der Waals surface area contributed by atoms with E-state index in [2.05, 4.69) is 66.3 Å². The van der Waals surface area contributed by atoms with E-state index in [-0.39, 0.29) is 0 Å². The van der Waals surface area contributed by atoms with Gasteiger partial charge in [-0.05, 0) is 30.7 Å². The number of benzene rings is 2. The molecule has 1 heteroatoms. The summed E-state index contributed by atoms with van der Waals surface area (Å²) in [7, 11) is 0. The smallest absolute Gasteiger partial charge is 0.0541 e. The van der Waals surface area contributed by atoms with Crippen LogP contribution in [-0.2, 0) is 0 Å². The van der Waals surface area contributed by atoms with Gasteiger partial charge in [0.2, 0.25) is 0 Å². The van der Waals surface area contributed by atoms with Crippen LogP contribution >= 0.6 is 0 Å². The molecule has 0 saturated heterocycles. The molecule has 20 heavy (non-hydrogen) atoms. The molecule has 0 aliphatic heterocycles. The van der Waals surface area contributed by atoms with Crippen molar-refractivity contribution in [1.82, 2.24) is 4.57 Å². The van der Waals surface area contributed by atoms with Crippen molar-refractivity contribution in [3.05, 3.63) is 79.4 Å². The molecule has 0 atom stereocenters. The van der Waals surface area contributed by atoms with Gasteiger partial charge in [0, 0.05) is 16.5 Å². The Morgan fingerprint density at radius 1 is 0.950 bits per heavy atom. The van der Waals surface area contributed by atoms with Crippen LogP contribution in [-0.4, -0.2) is 4.57 Å². The first-order valence-electron chi connectivity index (χ1n) is 6.71. The zero-order valence-electron chi connectivity index (χ0n) is 11.6. The Balaban J connectivity index is 2.52. The molecule has 0 N–H and O–H groups in total. The average molecular weight is 259 g/mol. The lowest BCUT2D eigenvalue weighted by molar-refractivity contribution is 1.20. The maximum absolute atomic E-state index is 4.11. The van der Waals surface area contributed by atoms with E-state index >= 15 is 0 Å². The fraction of sp³-hybridized carbons (Fsp3) is 0.0526. The molecule has 0 radical (unpaired) electrons. The van der Waals surface area contributed by atoms with Crippen molar-refractivity contribution in [2.24, 2.45) is 0 Å². The normalized spacial score (nSPS) is 11.9. The van der Waals surface area contributed by atoms with Gasteiger partial charge in [-0.3, -0.25) is 0 Å². The minimum absolute atomic E-state index is 1.02. The first kappa shape index (κ1) is 12.5. The standard InChI is InChI=1S/C19H17N/c1-4-9-17(14(2)3)20-18-12-7-5-10-15(18)16-11-6-8-13-19(16)20/h4-13H,1-2H2,3H3/b17-9+. The zero-order valence-corrected chi connectivity index (χ0v) is 11.6. The molecule has 3 rings (SSSR count). The SMILES string of the molecule is C=C/C=C(\C(=C)C)n1c2ccccc2c2ccccc21. The topological polar surface area (TPSA) is 4.93 Å². The summed E-state index contributed by atoms with van der Waals surface area (Å²) >= 11 is 0. The van der Waals surface area contributed by atoms with E-state index in [1.54, 1.807) is 0 Å². The highest BCUT2D eigenvalue weighted by Crippen LogP contribution is 2.33. The third kappa shape index (κ3) is 1.79. The van der Waals surface area contributed by atoms with Crippen LogP contribution in [0.3, 0.4) is 0 Å². The Labute approximate surface area is 119 Å². The quantitative estimate of drug-likeness (QED) is 0.555. The van der Waals surface area contributed by atoms with Crippen molar-refractivity contribution < 1.29 is 0 Å². The Hall–Kier alpha value is -2.54. The van der Waals surface area contributed by atoms with E-state index in [4.69, 9.17) is 0 Å². The van der Waals surface area contributed by atoms with Gasteiger partial charge in [0.25, 0.3) is 0 Å². The summed E-state index contributed by atoms with van der Waals surface area (Å²) in [4.78, 5) is 0. The Kier molecular flexibility index (Phi) is 3.03. The van der Waals surface area contributed by atoms with Gasteiger partial charge in [-0.15, -0.1) is 0 Å². The largest absolute Gasteiger partial charge is 0.309 e. The Bertz CT molecular complexity index is 793. The summed E-state index contributed by atoms with van der Waals surface area (Å²) in [5.41, 5.74) is 4.50. The van der Waals surface area contributed by atoms with Crippen LogP contribution in [0.2, 0.25) is 0 Å². The van der Waals surface area contributed by atoms with Crippen LogP contribution in [0.5, 0.6) is 0 Å². The summed E-state index contributed by atoms with van der Waals surface area (Å²) < 4.78 is 2.26. The number of fused-ring (bicyclic) bond motifs is 3. The van der Waals surface area contributed by atoms with Crippen molar-refractivity contribution in [2.75, 3.05) is 0 Å². The highest BCUT2D eigenvalue weighted by Gasteiger charge is 2.12. The van der Waals surface area contributed by atoms with Crippen LogP contribution in [0.15, 0.2) is 79.4 Å². The molecule has 98 valence electrons. The molecule has 1 aromatic heterocycles. The van der Waals surface area contributed by atoms with Crippen molar-refractivity contribution in [1.29, 1.82) is 0 Å². The lowest BCUT2D eigenvalue weighted by Crippen LogP contribution is -1.97. The number of rotatable bonds is 3. The number of allylic oxidation sites excluding steroid dienone is 4. The second-order valence-electron chi connectivity index (χ2n) is 4.94. The number of hydrogen-bond donors (Lipinski definition) is 0. The summed E-state index contributed by atoms with van der Waals surface area (Å²) in [6.07, 6.45) is 3.83. The predicted molar refractivity (Wildman–Crippen MR) is 88.7 cm³/mol. The van der Waals surface area contributed by atoms with E-state index in [0.717, 1.165) is 11.3 Å². The summed E-state index contributed by atoms with van der Waals surface area (Å²) in [6.45, 7) is 9.96. The molecule has 0 aliphatic carbocycles. The fourth-order valence-corrected chi connectivity index (χ4v) is 2.70. The summed E-state index contributed by atoms with van der Waals surface area (Å²) in [5.74, 6) is 0. The number of para-hydroxylation sites is 2. The van der Waals surface area contributed by atoms with Crippen LogP contribution in [0.1, 0.15) is 6.92 Å². The maximum atomic E-state index is 4.11. The molecular formula is C19H17N. The van der Waals surface area contributed by atoms with E-state index in [1.165, 1.54) is 21.8 Å². The monoisotopic (exact) mass is 259 g/mol. The van der Waals surface area contributed by atoms with Crippen molar-refractivity contribution in [3.8, 4) is 0 Å². The first-order valence-corrected chi connectivity index (χ1v) is 6.71. The molecule has 0 unspecified atom stereocenters. The second-order valence-corrected chi connectivity index (χ2v) is 4.94. The van der Waals surface area contributed by atoms with Gasteiger partial charge < -0.3 is 4.57 Å². The van der Waals surface area contributed by atoms with E-state index in [0.29, 0.717) is 0 Å². The minimum atomic E-state index is 1.02. The van der Waals surface area contributed by atoms with Gasteiger partial charge in [-0.2, -0.15) is 0 Å². The predicted octanol–water partition coefficient (Wildman–Crippen LogP) is 5.40. The second kappa shape index (κ2) is 4.86. The lowest BCUT2D eigenvalue weighted by Gasteiger charge is -2.12. The summed E-state index contributed by atoms with van der Waals surface area (Å²) in [6, 6.07) is 16.9. The molecule has 3 aromatic rings. The van der Waals surface area contributed by atoms with Gasteiger partial charge >= 0.3 is 0 Å². The first-order chi connectivity index (χ1) is 9.74. The Morgan fingerprint density at radius 2 is 1.45 bits per heavy atom. The lowest BCUT2D eigenvalue weighted by atomic mass is 10.2. The number of nitrogens with zero attached hydrogens (tertiary/aromatic N) is 1. The van der Waals surface area contributed by atoms with Gasteiger partial charge in [-0.1, -0.05) is 55.6 Å². The molecule has 1 nitrogen and oxygen atoms in total. The average Bonchev–Trinajstić information content (AvgIpc) is 2.79. The van der Waals surface area contributed by atoms with Crippen molar-refractivity contribution in [2.45, 2.75) is 6.92 Å². The zero-order chi connectivity index (χ0) is 14.1. The van der Waals surface area contributed by atoms with Crippen LogP contribution in [0.4, 0.5) is 0 Å². The molecule has 0 fully saturated rings. The molecule has 0 aliphatic rings. The third-order valence-corrected chi connectivity index (χ3v) is 3.53. The minimum Gasteiger partial charge on any atom is -0.309 e. The van der Waals surface area contributed by atoms with E-state index in [9.17, 15) is 0 Å². The summed E-state index contributed by atoms with van der Waals surface area (Å²) in [5, 5.41) is 2.53. The highest BCUT2D eigenvalue weighted by atomic mass is 15.0. The molecule has 2 aromatic carbocycles. The molecule has 1 heterocycles. The molecule has 0 amide bonds. The number of hydrogen-bond acceptors (Lipinski definition) is 0. The van der Waals surface area contributed by atoms with Gasteiger partial charge in [-0.25, -0.2) is 0 Å². The molecule has 0 bridgehead atoms. The Morgan fingerprint density at radius 3 is 1.90 bits per heavy atom. The third-order valence-electron chi connectivity index (χ3n) is 3.53. The number of aromatic nitrogens is 1. The van der Waals surface area contributed by atoms with Gasteiger partial charge in [0.1, 0.15) is 0 Å². The van der Waals surface area contributed by atoms with Crippen LogP contribution < -0.4 is 0 Å². The molecule has 0 saturated carbocycles.